The van der Waals surface area contributed by atoms with E-state index in [0.29, 0.717) is 6.54 Å². The fraction of sp³-hybridized carbons (Fsp3) is 0.588. The highest BCUT2D eigenvalue weighted by molar-refractivity contribution is 5.83. The molecule has 1 aromatic carbocycles. The summed E-state index contributed by atoms with van der Waals surface area (Å²) < 4.78 is 5.88. The molecule has 0 spiro atoms. The van der Waals surface area contributed by atoms with Crippen LogP contribution in [0, 0.1) is 5.41 Å². The lowest BCUT2D eigenvalue weighted by Gasteiger charge is -2.35. The molecule has 2 aliphatic heterocycles. The van der Waals surface area contributed by atoms with E-state index in [0.717, 1.165) is 44.5 Å². The smallest absolute Gasteiger partial charge is 0.227 e. The van der Waals surface area contributed by atoms with Crippen molar-refractivity contribution in [3.8, 4) is 5.75 Å². The number of amides is 1. The number of carbonyl (C=O) groups excluding carboxylic acids is 1. The molecular weight excluding hydrogens is 264 g/mol. The third-order valence-electron chi connectivity index (χ3n) is 4.83. The average molecular weight is 288 g/mol. The molecule has 21 heavy (non-hydrogen) atoms. The molecule has 2 unspecified atom stereocenters. The van der Waals surface area contributed by atoms with Crippen LogP contribution in [0.3, 0.4) is 0 Å². The maximum absolute atomic E-state index is 12.6. The van der Waals surface area contributed by atoms with Gasteiger partial charge in [-0.3, -0.25) is 4.79 Å². The Bertz CT molecular complexity index is 484. The predicted octanol–water partition coefficient (Wildman–Crippen LogP) is 1.89. The maximum atomic E-state index is 12.6. The Morgan fingerprint density at radius 1 is 1.48 bits per heavy atom. The van der Waals surface area contributed by atoms with Gasteiger partial charge in [-0.15, -0.1) is 0 Å². The minimum absolute atomic E-state index is 0.0665. The van der Waals surface area contributed by atoms with Crippen molar-refractivity contribution in [3.05, 3.63) is 29.8 Å². The highest BCUT2D eigenvalue weighted by Gasteiger charge is 2.38. The number of hydrogen-bond acceptors (Lipinski definition) is 3. The Kier molecular flexibility index (Phi) is 4.15. The van der Waals surface area contributed by atoms with E-state index in [9.17, 15) is 4.79 Å². The van der Waals surface area contributed by atoms with Crippen LogP contribution < -0.4 is 15.4 Å². The van der Waals surface area contributed by atoms with Crippen LogP contribution in [0.25, 0.3) is 0 Å². The van der Waals surface area contributed by atoms with E-state index in [1.165, 1.54) is 5.56 Å². The van der Waals surface area contributed by atoms with Gasteiger partial charge in [-0.25, -0.2) is 0 Å². The zero-order valence-electron chi connectivity index (χ0n) is 12.7. The maximum Gasteiger partial charge on any atom is 0.227 e. The molecule has 0 radical (unpaired) electrons. The molecule has 2 aliphatic rings. The minimum Gasteiger partial charge on any atom is -0.488 e. The summed E-state index contributed by atoms with van der Waals surface area (Å²) in [6.45, 7) is 4.51. The van der Waals surface area contributed by atoms with Gasteiger partial charge in [-0.1, -0.05) is 25.1 Å². The number of piperidine rings is 1. The number of ether oxygens (including phenoxy) is 1. The standard InChI is InChI=1S/C17H24N2O2/c1-2-17(8-5-9-18-12-17)16(20)19-11-14-10-13-6-3-4-7-15(13)21-14/h3-4,6-7,14,18H,2,5,8-12H2,1H3,(H,19,20). The summed E-state index contributed by atoms with van der Waals surface area (Å²) in [4.78, 5) is 12.6. The van der Waals surface area contributed by atoms with Gasteiger partial charge < -0.3 is 15.4 Å². The Balaban J connectivity index is 1.55. The third-order valence-corrected chi connectivity index (χ3v) is 4.83. The van der Waals surface area contributed by atoms with Gasteiger partial charge in [0.05, 0.1) is 12.0 Å². The van der Waals surface area contributed by atoms with Crippen molar-refractivity contribution in [1.82, 2.24) is 10.6 Å². The topological polar surface area (TPSA) is 50.4 Å². The van der Waals surface area contributed by atoms with E-state index in [1.807, 2.05) is 18.2 Å². The van der Waals surface area contributed by atoms with Gasteiger partial charge in [-0.2, -0.15) is 0 Å². The molecule has 1 fully saturated rings. The molecule has 0 aliphatic carbocycles. The molecule has 0 bridgehead atoms. The molecule has 2 N–H and O–H groups in total. The van der Waals surface area contributed by atoms with Gasteiger partial charge >= 0.3 is 0 Å². The van der Waals surface area contributed by atoms with Crippen LogP contribution in [0.4, 0.5) is 0 Å². The second-order valence-corrected chi connectivity index (χ2v) is 6.18. The summed E-state index contributed by atoms with van der Waals surface area (Å²) in [7, 11) is 0. The Labute approximate surface area is 126 Å². The van der Waals surface area contributed by atoms with Crippen molar-refractivity contribution >= 4 is 5.91 Å². The van der Waals surface area contributed by atoms with Crippen LogP contribution >= 0.6 is 0 Å². The Hall–Kier alpha value is -1.55. The molecule has 4 heteroatoms. The summed E-state index contributed by atoms with van der Waals surface area (Å²) in [5, 5.41) is 6.47. The minimum atomic E-state index is -0.232. The summed E-state index contributed by atoms with van der Waals surface area (Å²) >= 11 is 0. The monoisotopic (exact) mass is 288 g/mol. The van der Waals surface area contributed by atoms with Crippen molar-refractivity contribution < 1.29 is 9.53 Å². The fourth-order valence-corrected chi connectivity index (χ4v) is 3.39. The van der Waals surface area contributed by atoms with Crippen molar-refractivity contribution in [1.29, 1.82) is 0 Å². The molecule has 2 heterocycles. The summed E-state index contributed by atoms with van der Waals surface area (Å²) in [6.07, 6.45) is 3.89. The lowest BCUT2D eigenvalue weighted by Crippen LogP contribution is -2.51. The summed E-state index contributed by atoms with van der Waals surface area (Å²) in [6, 6.07) is 8.11. The number of fused-ring (bicyclic) bond motifs is 1. The molecular formula is C17H24N2O2. The van der Waals surface area contributed by atoms with Crippen LogP contribution in [0.15, 0.2) is 24.3 Å². The first kappa shape index (κ1) is 14.4. The molecule has 3 rings (SSSR count). The van der Waals surface area contributed by atoms with Gasteiger partial charge in [0.2, 0.25) is 5.91 Å². The molecule has 1 amide bonds. The van der Waals surface area contributed by atoms with E-state index in [2.05, 4.69) is 23.6 Å². The predicted molar refractivity (Wildman–Crippen MR) is 82.4 cm³/mol. The molecule has 4 nitrogen and oxygen atoms in total. The summed E-state index contributed by atoms with van der Waals surface area (Å²) in [5.41, 5.74) is 1.00. The highest BCUT2D eigenvalue weighted by Crippen LogP contribution is 2.31. The summed E-state index contributed by atoms with van der Waals surface area (Å²) in [5.74, 6) is 1.14. The van der Waals surface area contributed by atoms with Crippen molar-refractivity contribution in [2.75, 3.05) is 19.6 Å². The van der Waals surface area contributed by atoms with Crippen molar-refractivity contribution in [2.24, 2.45) is 5.41 Å². The van der Waals surface area contributed by atoms with Crippen LogP contribution in [0.2, 0.25) is 0 Å². The second kappa shape index (κ2) is 6.06. The van der Waals surface area contributed by atoms with Crippen molar-refractivity contribution in [2.45, 2.75) is 38.7 Å². The number of hydrogen-bond donors (Lipinski definition) is 2. The zero-order valence-corrected chi connectivity index (χ0v) is 12.7. The SMILES string of the molecule is CCC1(C(=O)NCC2Cc3ccccc3O2)CCCNC1. The highest BCUT2D eigenvalue weighted by atomic mass is 16.5. The molecule has 2 atom stereocenters. The van der Waals surface area contributed by atoms with E-state index in [4.69, 9.17) is 4.74 Å². The molecule has 114 valence electrons. The van der Waals surface area contributed by atoms with E-state index >= 15 is 0 Å². The molecule has 1 saturated heterocycles. The first-order valence-corrected chi connectivity index (χ1v) is 7.97. The first-order chi connectivity index (χ1) is 10.2. The average Bonchev–Trinajstić information content (AvgIpc) is 2.96. The number of carbonyl (C=O) groups is 1. The van der Waals surface area contributed by atoms with Crippen LogP contribution in [0.5, 0.6) is 5.75 Å². The first-order valence-electron chi connectivity index (χ1n) is 7.97. The van der Waals surface area contributed by atoms with Gasteiger partial charge in [0, 0.05) is 13.0 Å². The Morgan fingerprint density at radius 3 is 3.05 bits per heavy atom. The number of benzene rings is 1. The fourth-order valence-electron chi connectivity index (χ4n) is 3.39. The van der Waals surface area contributed by atoms with E-state index in [1.54, 1.807) is 0 Å². The quantitative estimate of drug-likeness (QED) is 0.889. The second-order valence-electron chi connectivity index (χ2n) is 6.18. The van der Waals surface area contributed by atoms with Crippen molar-refractivity contribution in [3.63, 3.8) is 0 Å². The van der Waals surface area contributed by atoms with Gasteiger partial charge in [-0.05, 0) is 37.4 Å². The normalized spacial score (nSPS) is 27.8. The van der Waals surface area contributed by atoms with Crippen LogP contribution in [-0.2, 0) is 11.2 Å². The van der Waals surface area contributed by atoms with Crippen LogP contribution in [-0.4, -0.2) is 31.6 Å². The Morgan fingerprint density at radius 2 is 2.33 bits per heavy atom. The van der Waals surface area contributed by atoms with Gasteiger partial charge in [0.1, 0.15) is 11.9 Å². The number of para-hydroxylation sites is 1. The molecule has 0 saturated carbocycles. The lowest BCUT2D eigenvalue weighted by atomic mass is 9.77. The largest absolute Gasteiger partial charge is 0.488 e. The lowest BCUT2D eigenvalue weighted by molar-refractivity contribution is -0.132. The van der Waals surface area contributed by atoms with Gasteiger partial charge in [0.25, 0.3) is 0 Å². The van der Waals surface area contributed by atoms with Crippen LogP contribution in [0.1, 0.15) is 31.7 Å². The molecule has 1 aromatic rings. The van der Waals surface area contributed by atoms with Gasteiger partial charge in [0.15, 0.2) is 0 Å². The van der Waals surface area contributed by atoms with E-state index in [-0.39, 0.29) is 17.4 Å². The third kappa shape index (κ3) is 2.91. The molecule has 0 aromatic heterocycles. The van der Waals surface area contributed by atoms with E-state index < -0.39 is 0 Å². The number of rotatable bonds is 4. The number of nitrogens with one attached hydrogen (secondary N) is 2. The zero-order chi connectivity index (χ0) is 14.7.